The highest BCUT2D eigenvalue weighted by Crippen LogP contribution is 2.32. The number of nitrogens with one attached hydrogen (secondary N) is 1. The highest BCUT2D eigenvalue weighted by Gasteiger charge is 2.14. The maximum atomic E-state index is 4.15. The van der Waals surface area contributed by atoms with Crippen LogP contribution in [0, 0.1) is 0 Å². The number of pyridine rings is 1. The monoisotopic (exact) mass is 219 g/mol. The molecule has 3 rings (SSSR count). The van der Waals surface area contributed by atoms with Gasteiger partial charge >= 0.3 is 0 Å². The van der Waals surface area contributed by atoms with E-state index in [-0.39, 0.29) is 0 Å². The van der Waals surface area contributed by atoms with Gasteiger partial charge in [-0.15, -0.1) is 11.3 Å². The van der Waals surface area contributed by atoms with Crippen molar-refractivity contribution in [3.8, 4) is 0 Å². The summed E-state index contributed by atoms with van der Waals surface area (Å²) in [6, 6.07) is 2.11. The SMILES string of the molecule is c1cc2c(N3CCNCC3)csc2cn1. The first kappa shape index (κ1) is 9.12. The second kappa shape index (κ2) is 3.79. The van der Waals surface area contributed by atoms with Crippen molar-refractivity contribution in [2.24, 2.45) is 0 Å². The molecule has 0 aromatic carbocycles. The smallest absolute Gasteiger partial charge is 0.0556 e. The molecule has 0 saturated carbocycles. The Kier molecular flexibility index (Phi) is 2.31. The van der Waals surface area contributed by atoms with Gasteiger partial charge in [-0.2, -0.15) is 0 Å². The number of fused-ring (bicyclic) bond motifs is 1. The van der Waals surface area contributed by atoms with Gasteiger partial charge in [-0.3, -0.25) is 4.98 Å². The van der Waals surface area contributed by atoms with Gasteiger partial charge < -0.3 is 10.2 Å². The number of hydrogen-bond donors (Lipinski definition) is 1. The summed E-state index contributed by atoms with van der Waals surface area (Å²) in [6.07, 6.45) is 3.83. The third kappa shape index (κ3) is 1.60. The molecule has 1 aliphatic heterocycles. The Morgan fingerprint density at radius 1 is 1.33 bits per heavy atom. The fourth-order valence-electron chi connectivity index (χ4n) is 2.02. The first-order valence-corrected chi connectivity index (χ1v) is 6.10. The van der Waals surface area contributed by atoms with Crippen LogP contribution in [0.4, 0.5) is 5.69 Å². The predicted molar refractivity (Wildman–Crippen MR) is 64.7 cm³/mol. The Bertz CT molecular complexity index is 460. The Labute approximate surface area is 92.7 Å². The van der Waals surface area contributed by atoms with Gasteiger partial charge in [-0.25, -0.2) is 0 Å². The largest absolute Gasteiger partial charge is 0.368 e. The van der Waals surface area contributed by atoms with Crippen LogP contribution in [0.5, 0.6) is 0 Å². The zero-order chi connectivity index (χ0) is 10.1. The van der Waals surface area contributed by atoms with Crippen LogP contribution in [-0.4, -0.2) is 31.2 Å². The third-order valence-electron chi connectivity index (χ3n) is 2.82. The van der Waals surface area contributed by atoms with E-state index in [2.05, 4.69) is 26.6 Å². The highest BCUT2D eigenvalue weighted by atomic mass is 32.1. The van der Waals surface area contributed by atoms with Crippen molar-refractivity contribution in [3.05, 3.63) is 23.8 Å². The van der Waals surface area contributed by atoms with Gasteiger partial charge in [-0.1, -0.05) is 0 Å². The molecular weight excluding hydrogens is 206 g/mol. The summed E-state index contributed by atoms with van der Waals surface area (Å²) in [5.74, 6) is 0. The summed E-state index contributed by atoms with van der Waals surface area (Å²) in [4.78, 5) is 6.60. The van der Waals surface area contributed by atoms with Gasteiger partial charge in [-0.05, 0) is 6.07 Å². The molecule has 3 nitrogen and oxygen atoms in total. The molecule has 1 fully saturated rings. The maximum Gasteiger partial charge on any atom is 0.0556 e. The van der Waals surface area contributed by atoms with E-state index in [4.69, 9.17) is 0 Å². The molecule has 2 aromatic heterocycles. The Hall–Kier alpha value is -1.13. The summed E-state index contributed by atoms with van der Waals surface area (Å²) in [5, 5.41) is 6.97. The Balaban J connectivity index is 2.02. The maximum absolute atomic E-state index is 4.15. The zero-order valence-corrected chi connectivity index (χ0v) is 9.26. The number of hydrogen-bond acceptors (Lipinski definition) is 4. The Morgan fingerprint density at radius 2 is 2.20 bits per heavy atom. The van der Waals surface area contributed by atoms with E-state index < -0.39 is 0 Å². The minimum absolute atomic E-state index is 1.09. The molecule has 78 valence electrons. The average Bonchev–Trinajstić information content (AvgIpc) is 2.74. The lowest BCUT2D eigenvalue weighted by Crippen LogP contribution is -2.43. The molecule has 1 N–H and O–H groups in total. The van der Waals surface area contributed by atoms with Crippen molar-refractivity contribution in [3.63, 3.8) is 0 Å². The Morgan fingerprint density at radius 3 is 3.07 bits per heavy atom. The number of aromatic nitrogens is 1. The fourth-order valence-corrected chi connectivity index (χ4v) is 2.95. The van der Waals surface area contributed by atoms with Crippen molar-refractivity contribution < 1.29 is 0 Å². The van der Waals surface area contributed by atoms with Gasteiger partial charge in [0.15, 0.2) is 0 Å². The molecule has 0 spiro atoms. The van der Waals surface area contributed by atoms with Crippen LogP contribution in [0.2, 0.25) is 0 Å². The van der Waals surface area contributed by atoms with E-state index in [0.29, 0.717) is 0 Å². The van der Waals surface area contributed by atoms with Crippen molar-refractivity contribution >= 4 is 27.1 Å². The first-order chi connectivity index (χ1) is 7.45. The number of nitrogens with zero attached hydrogens (tertiary/aromatic N) is 2. The van der Waals surface area contributed by atoms with Crippen molar-refractivity contribution in [2.45, 2.75) is 0 Å². The molecule has 0 aliphatic carbocycles. The van der Waals surface area contributed by atoms with E-state index in [1.165, 1.54) is 15.8 Å². The van der Waals surface area contributed by atoms with Crippen LogP contribution in [0.1, 0.15) is 0 Å². The fraction of sp³-hybridized carbons (Fsp3) is 0.364. The minimum Gasteiger partial charge on any atom is -0.368 e. The van der Waals surface area contributed by atoms with Crippen molar-refractivity contribution in [1.29, 1.82) is 0 Å². The number of piperazine rings is 1. The molecule has 0 radical (unpaired) electrons. The highest BCUT2D eigenvalue weighted by molar-refractivity contribution is 7.17. The standard InChI is InChI=1S/C11H13N3S/c1-2-13-7-11-9(1)10(8-15-11)14-5-3-12-4-6-14/h1-2,7-8,12H,3-6H2. The molecule has 0 amide bonds. The second-order valence-electron chi connectivity index (χ2n) is 3.73. The number of anilines is 1. The van der Waals surface area contributed by atoms with Crippen LogP contribution < -0.4 is 10.2 Å². The number of thiophene rings is 1. The topological polar surface area (TPSA) is 28.2 Å². The molecule has 2 aromatic rings. The lowest BCUT2D eigenvalue weighted by Gasteiger charge is -2.28. The third-order valence-corrected chi connectivity index (χ3v) is 3.74. The average molecular weight is 219 g/mol. The molecule has 0 atom stereocenters. The van der Waals surface area contributed by atoms with Crippen molar-refractivity contribution in [2.75, 3.05) is 31.1 Å². The van der Waals surface area contributed by atoms with Crippen LogP contribution in [0.15, 0.2) is 23.8 Å². The number of rotatable bonds is 1. The van der Waals surface area contributed by atoms with Crippen LogP contribution in [-0.2, 0) is 0 Å². The van der Waals surface area contributed by atoms with E-state index in [0.717, 1.165) is 26.2 Å². The van der Waals surface area contributed by atoms with Crippen LogP contribution >= 0.6 is 11.3 Å². The zero-order valence-electron chi connectivity index (χ0n) is 8.44. The molecule has 3 heterocycles. The minimum atomic E-state index is 1.09. The summed E-state index contributed by atoms with van der Waals surface area (Å²) in [7, 11) is 0. The van der Waals surface area contributed by atoms with Gasteiger partial charge in [0, 0.05) is 49.3 Å². The van der Waals surface area contributed by atoms with E-state index >= 15 is 0 Å². The quantitative estimate of drug-likeness (QED) is 0.791. The van der Waals surface area contributed by atoms with Crippen LogP contribution in [0.3, 0.4) is 0 Å². The lowest BCUT2D eigenvalue weighted by atomic mass is 10.2. The summed E-state index contributed by atoms with van der Waals surface area (Å²) in [5.41, 5.74) is 1.37. The molecule has 15 heavy (non-hydrogen) atoms. The molecule has 1 saturated heterocycles. The van der Waals surface area contributed by atoms with E-state index in [1.807, 2.05) is 12.4 Å². The van der Waals surface area contributed by atoms with Gasteiger partial charge in [0.1, 0.15) is 0 Å². The second-order valence-corrected chi connectivity index (χ2v) is 4.64. The van der Waals surface area contributed by atoms with E-state index in [9.17, 15) is 0 Å². The van der Waals surface area contributed by atoms with E-state index in [1.54, 1.807) is 11.3 Å². The van der Waals surface area contributed by atoms with Crippen molar-refractivity contribution in [1.82, 2.24) is 10.3 Å². The molecular formula is C11H13N3S. The van der Waals surface area contributed by atoms with Gasteiger partial charge in [0.2, 0.25) is 0 Å². The predicted octanol–water partition coefficient (Wildman–Crippen LogP) is 1.71. The molecule has 0 bridgehead atoms. The summed E-state index contributed by atoms with van der Waals surface area (Å²) < 4.78 is 1.28. The summed E-state index contributed by atoms with van der Waals surface area (Å²) >= 11 is 1.78. The lowest BCUT2D eigenvalue weighted by molar-refractivity contribution is 0.591. The van der Waals surface area contributed by atoms with Crippen LogP contribution in [0.25, 0.3) is 10.1 Å². The normalized spacial score (nSPS) is 17.2. The van der Waals surface area contributed by atoms with Gasteiger partial charge in [0.05, 0.1) is 10.4 Å². The van der Waals surface area contributed by atoms with Gasteiger partial charge in [0.25, 0.3) is 0 Å². The first-order valence-electron chi connectivity index (χ1n) is 5.22. The molecule has 0 unspecified atom stereocenters. The summed E-state index contributed by atoms with van der Waals surface area (Å²) in [6.45, 7) is 4.38. The molecule has 1 aliphatic rings. The molecule has 4 heteroatoms.